The van der Waals surface area contributed by atoms with Crippen molar-refractivity contribution in [1.82, 2.24) is 10.3 Å². The second-order valence-corrected chi connectivity index (χ2v) is 5.47. The molecule has 1 heterocycles. The molecule has 0 saturated carbocycles. The van der Waals surface area contributed by atoms with Crippen LogP contribution in [0, 0.1) is 5.92 Å². The minimum atomic E-state index is 0.464. The van der Waals surface area contributed by atoms with Crippen LogP contribution in [0.4, 0.5) is 0 Å². The van der Waals surface area contributed by atoms with Gasteiger partial charge in [-0.15, -0.1) is 0 Å². The van der Waals surface area contributed by atoms with Crippen molar-refractivity contribution >= 4 is 10.9 Å². The average Bonchev–Trinajstić information content (AvgIpc) is 2.47. The lowest BCUT2D eigenvalue weighted by molar-refractivity contribution is 0.150. The maximum atomic E-state index is 5.23. The van der Waals surface area contributed by atoms with Gasteiger partial charge in [0.1, 0.15) is 0 Å². The molecular formula is C17H24N2O. The fourth-order valence-corrected chi connectivity index (χ4v) is 2.74. The molecule has 3 nitrogen and oxygen atoms in total. The number of nitrogens with zero attached hydrogens (tertiary/aromatic N) is 1. The molecule has 0 radical (unpaired) electrons. The second kappa shape index (κ2) is 7.36. The molecule has 0 fully saturated rings. The van der Waals surface area contributed by atoms with Crippen LogP contribution in [0.5, 0.6) is 0 Å². The van der Waals surface area contributed by atoms with Crippen molar-refractivity contribution < 1.29 is 4.74 Å². The highest BCUT2D eigenvalue weighted by molar-refractivity contribution is 5.81. The molecule has 1 N–H and O–H groups in total. The van der Waals surface area contributed by atoms with E-state index in [1.807, 2.05) is 19.3 Å². The lowest BCUT2D eigenvalue weighted by atomic mass is 9.95. The standard InChI is InChI=1S/C17H24N2O/c1-13(12-20-3)10-15(18-2)11-14-8-9-19-17-7-5-4-6-16(14)17/h4-9,13,15,18H,10-12H2,1-3H3. The van der Waals surface area contributed by atoms with Crippen LogP contribution in [0.1, 0.15) is 18.9 Å². The van der Waals surface area contributed by atoms with E-state index in [0.717, 1.165) is 25.0 Å². The van der Waals surface area contributed by atoms with E-state index < -0.39 is 0 Å². The molecule has 0 aliphatic carbocycles. The largest absolute Gasteiger partial charge is 0.384 e. The van der Waals surface area contributed by atoms with Crippen molar-refractivity contribution in [2.45, 2.75) is 25.8 Å². The number of nitrogens with one attached hydrogen (secondary N) is 1. The molecule has 2 unspecified atom stereocenters. The van der Waals surface area contributed by atoms with Gasteiger partial charge < -0.3 is 10.1 Å². The van der Waals surface area contributed by atoms with Crippen LogP contribution in [-0.2, 0) is 11.2 Å². The smallest absolute Gasteiger partial charge is 0.0704 e. The monoisotopic (exact) mass is 272 g/mol. The van der Waals surface area contributed by atoms with Crippen molar-refractivity contribution in [1.29, 1.82) is 0 Å². The van der Waals surface area contributed by atoms with Gasteiger partial charge >= 0.3 is 0 Å². The number of pyridine rings is 1. The summed E-state index contributed by atoms with van der Waals surface area (Å²) < 4.78 is 5.23. The lowest BCUT2D eigenvalue weighted by Crippen LogP contribution is -2.30. The van der Waals surface area contributed by atoms with Gasteiger partial charge in [-0.05, 0) is 43.5 Å². The molecular weight excluding hydrogens is 248 g/mol. The Kier molecular flexibility index (Phi) is 5.50. The molecule has 0 aliphatic heterocycles. The number of ether oxygens (including phenoxy) is 1. The van der Waals surface area contributed by atoms with Gasteiger partial charge in [0.15, 0.2) is 0 Å². The highest BCUT2D eigenvalue weighted by Gasteiger charge is 2.13. The summed E-state index contributed by atoms with van der Waals surface area (Å²) in [5.74, 6) is 0.561. The van der Waals surface area contributed by atoms with Crippen LogP contribution in [-0.4, -0.2) is 31.8 Å². The molecule has 1 aromatic heterocycles. The number of likely N-dealkylation sites (N-methyl/N-ethyl adjacent to an activating group) is 1. The molecule has 0 spiro atoms. The van der Waals surface area contributed by atoms with Gasteiger partial charge in [-0.1, -0.05) is 25.1 Å². The first-order chi connectivity index (χ1) is 9.74. The predicted octanol–water partition coefficient (Wildman–Crippen LogP) is 3.04. The third-order valence-corrected chi connectivity index (χ3v) is 3.75. The zero-order chi connectivity index (χ0) is 14.4. The SMILES string of the molecule is CNC(Cc1ccnc2ccccc12)CC(C)COC. The van der Waals surface area contributed by atoms with Crippen molar-refractivity contribution in [2.75, 3.05) is 20.8 Å². The zero-order valence-corrected chi connectivity index (χ0v) is 12.6. The number of benzene rings is 1. The van der Waals surface area contributed by atoms with Gasteiger partial charge in [0.25, 0.3) is 0 Å². The Morgan fingerprint density at radius 1 is 1.25 bits per heavy atom. The first-order valence-electron chi connectivity index (χ1n) is 7.23. The second-order valence-electron chi connectivity index (χ2n) is 5.47. The summed E-state index contributed by atoms with van der Waals surface area (Å²) in [5, 5.41) is 4.69. The Bertz CT molecular complexity index is 536. The van der Waals surface area contributed by atoms with Crippen LogP contribution in [0.2, 0.25) is 0 Å². The molecule has 2 rings (SSSR count). The molecule has 0 amide bonds. The normalized spacial score (nSPS) is 14.3. The van der Waals surface area contributed by atoms with Crippen molar-refractivity contribution in [3.63, 3.8) is 0 Å². The highest BCUT2D eigenvalue weighted by Crippen LogP contribution is 2.19. The summed E-state index contributed by atoms with van der Waals surface area (Å²) in [4.78, 5) is 4.42. The van der Waals surface area contributed by atoms with E-state index in [1.54, 1.807) is 7.11 Å². The predicted molar refractivity (Wildman–Crippen MR) is 84.0 cm³/mol. The molecule has 1 aromatic carbocycles. The molecule has 0 saturated heterocycles. The Morgan fingerprint density at radius 3 is 2.80 bits per heavy atom. The number of para-hydroxylation sites is 1. The van der Waals surface area contributed by atoms with Gasteiger partial charge in [-0.3, -0.25) is 4.98 Å². The number of hydrogen-bond acceptors (Lipinski definition) is 3. The van der Waals surface area contributed by atoms with E-state index in [9.17, 15) is 0 Å². The number of fused-ring (bicyclic) bond motifs is 1. The van der Waals surface area contributed by atoms with Crippen LogP contribution >= 0.6 is 0 Å². The maximum Gasteiger partial charge on any atom is 0.0704 e. The van der Waals surface area contributed by atoms with Crippen LogP contribution < -0.4 is 5.32 Å². The lowest BCUT2D eigenvalue weighted by Gasteiger charge is -2.21. The molecule has 2 aromatic rings. The van der Waals surface area contributed by atoms with Crippen LogP contribution in [0.3, 0.4) is 0 Å². The van der Waals surface area contributed by atoms with Crippen LogP contribution in [0.25, 0.3) is 10.9 Å². The molecule has 2 atom stereocenters. The fourth-order valence-electron chi connectivity index (χ4n) is 2.74. The third kappa shape index (κ3) is 3.78. The third-order valence-electron chi connectivity index (χ3n) is 3.75. The van der Waals surface area contributed by atoms with Gasteiger partial charge in [-0.25, -0.2) is 0 Å². The van der Waals surface area contributed by atoms with E-state index in [4.69, 9.17) is 4.74 Å². The summed E-state index contributed by atoms with van der Waals surface area (Å²) in [6.45, 7) is 3.05. The maximum absolute atomic E-state index is 5.23. The Balaban J connectivity index is 2.13. The summed E-state index contributed by atoms with van der Waals surface area (Å²) in [5.41, 5.74) is 2.43. The topological polar surface area (TPSA) is 34.2 Å². The van der Waals surface area contributed by atoms with Crippen molar-refractivity contribution in [3.8, 4) is 0 Å². The number of aromatic nitrogens is 1. The van der Waals surface area contributed by atoms with E-state index in [2.05, 4.69) is 41.5 Å². The summed E-state index contributed by atoms with van der Waals surface area (Å²) >= 11 is 0. The zero-order valence-electron chi connectivity index (χ0n) is 12.6. The minimum absolute atomic E-state index is 0.464. The van der Waals surface area contributed by atoms with Crippen LogP contribution in [0.15, 0.2) is 36.5 Å². The van der Waals surface area contributed by atoms with Gasteiger partial charge in [0.2, 0.25) is 0 Å². The fraction of sp³-hybridized carbons (Fsp3) is 0.471. The van der Waals surface area contributed by atoms with E-state index in [0.29, 0.717) is 12.0 Å². The van der Waals surface area contributed by atoms with E-state index in [1.165, 1.54) is 10.9 Å². The number of methoxy groups -OCH3 is 1. The Morgan fingerprint density at radius 2 is 2.05 bits per heavy atom. The quantitative estimate of drug-likeness (QED) is 0.841. The Labute approximate surface area is 121 Å². The van der Waals surface area contributed by atoms with E-state index >= 15 is 0 Å². The minimum Gasteiger partial charge on any atom is -0.384 e. The molecule has 3 heteroatoms. The first kappa shape index (κ1) is 14.9. The van der Waals surface area contributed by atoms with Gasteiger partial charge in [0.05, 0.1) is 5.52 Å². The summed E-state index contributed by atoms with van der Waals surface area (Å²) in [7, 11) is 3.80. The molecule has 0 bridgehead atoms. The van der Waals surface area contributed by atoms with Gasteiger partial charge in [0, 0.05) is 31.3 Å². The molecule has 0 aliphatic rings. The molecule has 20 heavy (non-hydrogen) atoms. The van der Waals surface area contributed by atoms with Crippen molar-refractivity contribution in [2.24, 2.45) is 5.92 Å². The average molecular weight is 272 g/mol. The first-order valence-corrected chi connectivity index (χ1v) is 7.23. The highest BCUT2D eigenvalue weighted by atomic mass is 16.5. The molecule has 108 valence electrons. The number of rotatable bonds is 7. The summed E-state index contributed by atoms with van der Waals surface area (Å²) in [6.07, 6.45) is 4.04. The van der Waals surface area contributed by atoms with Crippen molar-refractivity contribution in [3.05, 3.63) is 42.1 Å². The Hall–Kier alpha value is -1.45. The van der Waals surface area contributed by atoms with E-state index in [-0.39, 0.29) is 0 Å². The van der Waals surface area contributed by atoms with Gasteiger partial charge in [-0.2, -0.15) is 0 Å². The number of hydrogen-bond donors (Lipinski definition) is 1. The summed E-state index contributed by atoms with van der Waals surface area (Å²) in [6, 6.07) is 10.9.